The second kappa shape index (κ2) is 20.7. The summed E-state index contributed by atoms with van der Waals surface area (Å²) < 4.78 is 11.1. The summed E-state index contributed by atoms with van der Waals surface area (Å²) in [5.74, 6) is 0.706. The number of thioether (sulfide) groups is 2. The third-order valence-electron chi connectivity index (χ3n) is 8.97. The molecule has 2 fully saturated rings. The topological polar surface area (TPSA) is 219 Å². The maximum atomic E-state index is 10.3. The van der Waals surface area contributed by atoms with E-state index >= 15 is 0 Å². The van der Waals surface area contributed by atoms with Gasteiger partial charge in [0.05, 0.1) is 30.1 Å². The van der Waals surface area contributed by atoms with E-state index in [1.54, 1.807) is 24.5 Å². The third-order valence-corrected chi connectivity index (χ3v) is 11.4. The number of aliphatic hydroxyl groups is 8. The monoisotopic (exact) mass is 979 g/mol. The fraction of sp³-hybridized carbons (Fsp3) is 0.378. The van der Waals surface area contributed by atoms with Crippen LogP contribution in [0.4, 0.5) is 0 Å². The first kappa shape index (κ1) is 44.4. The van der Waals surface area contributed by atoms with Gasteiger partial charge in [0.25, 0.3) is 0 Å². The molecule has 5 aromatic rings. The first-order valence-corrected chi connectivity index (χ1v) is 18.8. The molecule has 2 aliphatic heterocycles. The summed E-state index contributed by atoms with van der Waals surface area (Å²) in [4.78, 5) is 13.3. The Bertz CT molecular complexity index is 1880. The number of aromatic nitrogens is 3. The molecule has 7 rings (SSSR count). The Morgan fingerprint density at radius 3 is 1.81 bits per heavy atom. The predicted octanol–water partition coefficient (Wildman–Crippen LogP) is -1.40. The number of pyridine rings is 3. The average molecular weight is 980 g/mol. The molecule has 10 atom stereocenters. The molecular formula is C37H41ClIrN3O10S2-. The summed E-state index contributed by atoms with van der Waals surface area (Å²) >= 11 is 2.40. The van der Waals surface area contributed by atoms with Crippen LogP contribution in [0, 0.1) is 0 Å². The predicted molar refractivity (Wildman–Crippen MR) is 197 cm³/mol. The second-order valence-corrected chi connectivity index (χ2v) is 14.6. The molecule has 0 saturated carbocycles. The molecule has 293 valence electrons. The fourth-order valence-corrected chi connectivity index (χ4v) is 8.33. The molecule has 0 unspecified atom stereocenters. The molecule has 0 spiro atoms. The summed E-state index contributed by atoms with van der Waals surface area (Å²) in [5, 5.41) is 83.1. The number of fused-ring (bicyclic) bond motifs is 3. The third kappa shape index (κ3) is 10.1. The van der Waals surface area contributed by atoms with Crippen LogP contribution in [-0.2, 0) is 41.1 Å². The molecule has 2 aliphatic rings. The first-order chi connectivity index (χ1) is 25.2. The maximum absolute atomic E-state index is 10.3. The average Bonchev–Trinajstić information content (AvgIpc) is 3.19. The number of benzene rings is 2. The standard InChI is InChI=1S/C24H32N2O10S2.C13H9N.ClH.Ir/c27-7-14-17(29)19(31)21(33)23(35-14)37-9-11-3-5-25-13(6-11)16-12(2-1-4-26-16)10-38-24-22(34)20(32)18(30)15(8-28)36-24;1-2-6-12-10(4-1)7-8-11-5-3-9-14-13(11)12;;/h1-6,14-15,17-24,27-34H,7-10H2;1-9H;1H;/p-1/t14-,15-,17-,18-,19+,20+,21-,22-,23+,24+;;;/m1.../s1. The van der Waals surface area contributed by atoms with Crippen molar-refractivity contribution in [2.45, 2.75) is 71.2 Å². The van der Waals surface area contributed by atoms with Gasteiger partial charge in [-0.1, -0.05) is 48.5 Å². The quantitative estimate of drug-likeness (QED) is 0.0798. The van der Waals surface area contributed by atoms with E-state index in [9.17, 15) is 40.9 Å². The van der Waals surface area contributed by atoms with Gasteiger partial charge in [-0.25, -0.2) is 0 Å². The van der Waals surface area contributed by atoms with E-state index in [0.717, 1.165) is 16.6 Å². The van der Waals surface area contributed by atoms with Crippen LogP contribution in [0.15, 0.2) is 91.4 Å². The smallest absolute Gasteiger partial charge is 0.132 e. The Hall–Kier alpha value is -2.35. The van der Waals surface area contributed by atoms with E-state index in [1.807, 2.05) is 24.4 Å². The molecular weight excluding hydrogens is 938 g/mol. The minimum absolute atomic E-state index is 0. The minimum Gasteiger partial charge on any atom is -1.00 e. The fourth-order valence-electron chi connectivity index (χ4n) is 6.05. The molecule has 2 saturated heterocycles. The largest absolute Gasteiger partial charge is 1.00 e. The molecule has 54 heavy (non-hydrogen) atoms. The Morgan fingerprint density at radius 1 is 0.574 bits per heavy atom. The molecule has 17 heteroatoms. The van der Waals surface area contributed by atoms with Gasteiger partial charge in [-0.15, -0.1) is 23.5 Å². The van der Waals surface area contributed by atoms with Crippen LogP contribution in [0.5, 0.6) is 0 Å². The van der Waals surface area contributed by atoms with Crippen molar-refractivity contribution in [2.24, 2.45) is 0 Å². The van der Waals surface area contributed by atoms with E-state index in [1.165, 1.54) is 39.7 Å². The SMILES string of the molecule is OC[C@H]1O[C@@H](SCc2ccnc(-c3ncccc3CS[C@@H]3O[C@H](CO)[C@@H](O)[C@H](O)[C@H]3O)c2)[C@H](O)[C@@H](O)[C@@H]1O.[Cl-].[Ir].c1ccc2c(c1)ccc1cccnc12. The zero-order valence-electron chi connectivity index (χ0n) is 28.5. The van der Waals surface area contributed by atoms with Crippen LogP contribution in [0.3, 0.4) is 0 Å². The van der Waals surface area contributed by atoms with Crippen LogP contribution in [0.1, 0.15) is 11.1 Å². The van der Waals surface area contributed by atoms with Crippen LogP contribution in [0.25, 0.3) is 33.1 Å². The van der Waals surface area contributed by atoms with Crippen molar-refractivity contribution in [2.75, 3.05) is 13.2 Å². The van der Waals surface area contributed by atoms with E-state index in [4.69, 9.17) is 9.47 Å². The molecule has 5 heterocycles. The summed E-state index contributed by atoms with van der Waals surface area (Å²) in [6.07, 6.45) is -5.30. The van der Waals surface area contributed by atoms with Crippen molar-refractivity contribution in [3.63, 3.8) is 0 Å². The number of halogens is 1. The van der Waals surface area contributed by atoms with Gasteiger partial charge in [0, 0.05) is 61.0 Å². The number of ether oxygens (including phenoxy) is 2. The number of rotatable bonds is 9. The van der Waals surface area contributed by atoms with Gasteiger partial charge in [0.15, 0.2) is 0 Å². The van der Waals surface area contributed by atoms with Gasteiger partial charge >= 0.3 is 0 Å². The number of hydrogen-bond acceptors (Lipinski definition) is 15. The summed E-state index contributed by atoms with van der Waals surface area (Å²) in [5.41, 5.74) is 2.11. The Morgan fingerprint density at radius 2 is 1.15 bits per heavy atom. The summed E-state index contributed by atoms with van der Waals surface area (Å²) in [7, 11) is 0. The summed E-state index contributed by atoms with van der Waals surface area (Å²) in [6.45, 7) is -0.997. The molecule has 1 radical (unpaired) electrons. The summed E-state index contributed by atoms with van der Waals surface area (Å²) in [6, 6.07) is 23.9. The number of hydrogen-bond donors (Lipinski definition) is 8. The van der Waals surface area contributed by atoms with Crippen molar-refractivity contribution < 1.29 is 82.8 Å². The van der Waals surface area contributed by atoms with Gasteiger partial charge in [0.2, 0.25) is 0 Å². The molecule has 13 nitrogen and oxygen atoms in total. The van der Waals surface area contributed by atoms with Crippen LogP contribution in [-0.4, -0.2) is 129 Å². The van der Waals surface area contributed by atoms with Gasteiger partial charge in [-0.3, -0.25) is 15.0 Å². The second-order valence-electron chi connectivity index (χ2n) is 12.4. The van der Waals surface area contributed by atoms with Crippen LogP contribution >= 0.6 is 23.5 Å². The Labute approximate surface area is 339 Å². The minimum atomic E-state index is -1.45. The maximum Gasteiger partial charge on any atom is 0.132 e. The van der Waals surface area contributed by atoms with Crippen molar-refractivity contribution in [1.29, 1.82) is 0 Å². The van der Waals surface area contributed by atoms with Gasteiger partial charge in [-0.2, -0.15) is 0 Å². The molecule has 2 aromatic carbocycles. The number of aliphatic hydroxyl groups excluding tert-OH is 8. The molecule has 0 aliphatic carbocycles. The molecule has 0 amide bonds. The Balaban J connectivity index is 0.000000338. The molecule has 8 N–H and O–H groups in total. The van der Waals surface area contributed by atoms with Crippen molar-refractivity contribution in [1.82, 2.24) is 15.0 Å². The van der Waals surface area contributed by atoms with E-state index in [2.05, 4.69) is 57.4 Å². The van der Waals surface area contributed by atoms with Crippen molar-refractivity contribution >= 4 is 45.2 Å². The normalized spacial score (nSPS) is 28.0. The van der Waals surface area contributed by atoms with E-state index < -0.39 is 72.9 Å². The first-order valence-electron chi connectivity index (χ1n) is 16.7. The zero-order valence-corrected chi connectivity index (χ0v) is 33.3. The Kier molecular flexibility index (Phi) is 17.0. The number of nitrogens with zero attached hydrogens (tertiary/aromatic N) is 3. The molecule has 3 aromatic heterocycles. The van der Waals surface area contributed by atoms with Crippen LogP contribution < -0.4 is 12.4 Å². The van der Waals surface area contributed by atoms with E-state index in [-0.39, 0.29) is 32.5 Å². The van der Waals surface area contributed by atoms with Gasteiger partial charge in [0.1, 0.15) is 59.7 Å². The zero-order chi connectivity index (χ0) is 36.8. The van der Waals surface area contributed by atoms with Gasteiger partial charge in [-0.05, 0) is 40.8 Å². The van der Waals surface area contributed by atoms with Gasteiger partial charge < -0.3 is 62.7 Å². The molecule has 0 bridgehead atoms. The van der Waals surface area contributed by atoms with E-state index in [0.29, 0.717) is 22.9 Å². The van der Waals surface area contributed by atoms with Crippen molar-refractivity contribution in [3.8, 4) is 11.4 Å². The van der Waals surface area contributed by atoms with Crippen molar-refractivity contribution in [3.05, 3.63) is 103 Å². The van der Waals surface area contributed by atoms with Crippen LogP contribution in [0.2, 0.25) is 0 Å².